The quantitative estimate of drug-likeness (QED) is 0.561. The van der Waals surface area contributed by atoms with Crippen LogP contribution >= 0.6 is 0 Å². The highest BCUT2D eigenvalue weighted by molar-refractivity contribution is 5.16. The van der Waals surface area contributed by atoms with Crippen LogP contribution in [0, 0.1) is 6.92 Å². The molecule has 3 nitrogen and oxygen atoms in total. The lowest BCUT2D eigenvalue weighted by Crippen LogP contribution is -2.22. The van der Waals surface area contributed by atoms with Gasteiger partial charge in [0.1, 0.15) is 0 Å². The summed E-state index contributed by atoms with van der Waals surface area (Å²) in [6.45, 7) is 5.06. The van der Waals surface area contributed by atoms with Crippen LogP contribution in [0.5, 0.6) is 5.88 Å². The van der Waals surface area contributed by atoms with Crippen LogP contribution < -0.4 is 4.74 Å². The molecule has 2 heterocycles. The lowest BCUT2D eigenvalue weighted by molar-refractivity contribution is 0.149. The van der Waals surface area contributed by atoms with E-state index in [4.69, 9.17) is 4.74 Å². The second-order valence-corrected chi connectivity index (χ2v) is 3.06. The van der Waals surface area contributed by atoms with E-state index in [0.717, 1.165) is 24.5 Å². The third-order valence-electron chi connectivity index (χ3n) is 1.93. The highest BCUT2D eigenvalue weighted by atomic mass is 16.5. The maximum atomic E-state index is 5.55. The number of fused-ring (bicyclic) bond motifs is 1. The fourth-order valence-corrected chi connectivity index (χ4v) is 1.35. The number of aryl methyl sites for hydroxylation is 2. The van der Waals surface area contributed by atoms with Gasteiger partial charge in [0.2, 0.25) is 5.88 Å². The van der Waals surface area contributed by atoms with Crippen LogP contribution in [0.25, 0.3) is 0 Å². The molecule has 1 aromatic heterocycles. The molecule has 0 radical (unpaired) electrons. The molecule has 1 aliphatic heterocycles. The molecule has 0 fully saturated rings. The second kappa shape index (κ2) is 2.26. The molecule has 0 saturated carbocycles. The Labute approximate surface area is 66.0 Å². The predicted octanol–water partition coefficient (Wildman–Crippen LogP) is 1.36. The number of hydrogen-bond donors (Lipinski definition) is 0. The summed E-state index contributed by atoms with van der Waals surface area (Å²) in [4.78, 5) is 0. The molecule has 1 atom stereocenters. The minimum atomic E-state index is 0.346. The van der Waals surface area contributed by atoms with E-state index < -0.39 is 0 Å². The van der Waals surface area contributed by atoms with Gasteiger partial charge in [0, 0.05) is 19.0 Å². The summed E-state index contributed by atoms with van der Waals surface area (Å²) in [5.41, 5.74) is 1.04. The Morgan fingerprint density at radius 3 is 3.36 bits per heavy atom. The van der Waals surface area contributed by atoms with Crippen molar-refractivity contribution >= 4 is 0 Å². The highest BCUT2D eigenvalue weighted by Gasteiger charge is 2.16. The van der Waals surface area contributed by atoms with Gasteiger partial charge < -0.3 is 4.74 Å². The SMILES string of the molecule is Cc1cc2n(n1)CCC(C)O2. The lowest BCUT2D eigenvalue weighted by atomic mass is 10.2. The van der Waals surface area contributed by atoms with Gasteiger partial charge in [-0.15, -0.1) is 0 Å². The molecule has 0 spiro atoms. The largest absolute Gasteiger partial charge is 0.475 e. The lowest BCUT2D eigenvalue weighted by Gasteiger charge is -2.20. The van der Waals surface area contributed by atoms with Gasteiger partial charge in [0.05, 0.1) is 11.8 Å². The number of nitrogens with zero attached hydrogens (tertiary/aromatic N) is 2. The highest BCUT2D eigenvalue weighted by Crippen LogP contribution is 2.20. The zero-order chi connectivity index (χ0) is 7.84. The van der Waals surface area contributed by atoms with Crippen LogP contribution in [0.15, 0.2) is 6.07 Å². The number of aromatic nitrogens is 2. The van der Waals surface area contributed by atoms with E-state index in [1.807, 2.05) is 17.7 Å². The summed E-state index contributed by atoms with van der Waals surface area (Å²) < 4.78 is 7.48. The predicted molar refractivity (Wildman–Crippen MR) is 41.7 cm³/mol. The van der Waals surface area contributed by atoms with Gasteiger partial charge in [-0.25, -0.2) is 4.68 Å². The van der Waals surface area contributed by atoms with E-state index in [1.165, 1.54) is 0 Å². The molecule has 0 aliphatic carbocycles. The number of hydrogen-bond acceptors (Lipinski definition) is 2. The Kier molecular flexibility index (Phi) is 1.37. The average molecular weight is 152 g/mol. The van der Waals surface area contributed by atoms with Crippen LogP contribution in [-0.4, -0.2) is 15.9 Å². The molecular weight excluding hydrogens is 140 g/mol. The molecule has 0 saturated heterocycles. The summed E-state index contributed by atoms with van der Waals surface area (Å²) in [6, 6.07) is 1.98. The third-order valence-corrected chi connectivity index (χ3v) is 1.93. The number of ether oxygens (including phenoxy) is 1. The van der Waals surface area contributed by atoms with Crippen LogP contribution in [0.1, 0.15) is 19.0 Å². The molecule has 0 N–H and O–H groups in total. The van der Waals surface area contributed by atoms with Crippen molar-refractivity contribution in [2.24, 2.45) is 0 Å². The third kappa shape index (κ3) is 1.11. The van der Waals surface area contributed by atoms with Gasteiger partial charge in [-0.3, -0.25) is 0 Å². The van der Waals surface area contributed by atoms with Gasteiger partial charge in [0.15, 0.2) is 0 Å². The van der Waals surface area contributed by atoms with Crippen LogP contribution in [0.3, 0.4) is 0 Å². The second-order valence-electron chi connectivity index (χ2n) is 3.06. The minimum absolute atomic E-state index is 0.346. The first kappa shape index (κ1) is 6.70. The van der Waals surface area contributed by atoms with Crippen molar-refractivity contribution in [3.8, 4) is 5.88 Å². The first-order valence-corrected chi connectivity index (χ1v) is 3.97. The van der Waals surface area contributed by atoms with E-state index in [9.17, 15) is 0 Å². The Morgan fingerprint density at radius 2 is 2.55 bits per heavy atom. The Hall–Kier alpha value is -0.990. The fourth-order valence-electron chi connectivity index (χ4n) is 1.35. The molecule has 1 unspecified atom stereocenters. The van der Waals surface area contributed by atoms with Crippen LogP contribution in [0.4, 0.5) is 0 Å². The van der Waals surface area contributed by atoms with Crippen molar-refractivity contribution < 1.29 is 4.74 Å². The maximum absolute atomic E-state index is 5.55. The van der Waals surface area contributed by atoms with Crippen molar-refractivity contribution in [1.29, 1.82) is 0 Å². The Bertz CT molecular complexity index is 267. The Morgan fingerprint density at radius 1 is 1.73 bits per heavy atom. The molecule has 60 valence electrons. The van der Waals surface area contributed by atoms with Crippen LogP contribution in [0.2, 0.25) is 0 Å². The first-order valence-electron chi connectivity index (χ1n) is 3.97. The van der Waals surface area contributed by atoms with E-state index in [1.54, 1.807) is 0 Å². The first-order chi connectivity index (χ1) is 5.25. The zero-order valence-electron chi connectivity index (χ0n) is 6.87. The van der Waals surface area contributed by atoms with Crippen molar-refractivity contribution in [2.45, 2.75) is 32.9 Å². The summed E-state index contributed by atoms with van der Waals surface area (Å²) in [7, 11) is 0. The van der Waals surface area contributed by atoms with E-state index in [-0.39, 0.29) is 0 Å². The summed E-state index contributed by atoms with van der Waals surface area (Å²) in [5.74, 6) is 0.918. The van der Waals surface area contributed by atoms with E-state index in [0.29, 0.717) is 6.10 Å². The van der Waals surface area contributed by atoms with Gasteiger partial charge >= 0.3 is 0 Å². The van der Waals surface area contributed by atoms with Crippen LogP contribution in [-0.2, 0) is 6.54 Å². The molecule has 3 heteroatoms. The maximum Gasteiger partial charge on any atom is 0.212 e. The van der Waals surface area contributed by atoms with E-state index in [2.05, 4.69) is 12.0 Å². The van der Waals surface area contributed by atoms with E-state index >= 15 is 0 Å². The van der Waals surface area contributed by atoms with Crippen molar-refractivity contribution in [3.05, 3.63) is 11.8 Å². The Balaban J connectivity index is 2.34. The van der Waals surface area contributed by atoms with Crippen molar-refractivity contribution in [1.82, 2.24) is 9.78 Å². The topological polar surface area (TPSA) is 27.1 Å². The minimum Gasteiger partial charge on any atom is -0.475 e. The summed E-state index contributed by atoms with van der Waals surface area (Å²) in [6.07, 6.45) is 1.41. The van der Waals surface area contributed by atoms with Gasteiger partial charge in [-0.1, -0.05) is 0 Å². The average Bonchev–Trinajstić information content (AvgIpc) is 2.27. The molecule has 2 rings (SSSR count). The smallest absolute Gasteiger partial charge is 0.212 e. The molecule has 1 aromatic rings. The molecule has 0 bridgehead atoms. The molecule has 11 heavy (non-hydrogen) atoms. The molecule has 0 amide bonds. The van der Waals surface area contributed by atoms with Gasteiger partial charge in [-0.05, 0) is 13.8 Å². The monoisotopic (exact) mass is 152 g/mol. The molecule has 1 aliphatic rings. The van der Waals surface area contributed by atoms with Gasteiger partial charge in [-0.2, -0.15) is 5.10 Å². The number of rotatable bonds is 0. The van der Waals surface area contributed by atoms with Gasteiger partial charge in [0.25, 0.3) is 0 Å². The molecular formula is C8H12N2O. The standard InChI is InChI=1S/C8H12N2O/c1-6-5-8-10(9-6)4-3-7(2)11-8/h5,7H,3-4H2,1-2H3. The fraction of sp³-hybridized carbons (Fsp3) is 0.625. The summed E-state index contributed by atoms with van der Waals surface area (Å²) in [5, 5.41) is 4.28. The van der Waals surface area contributed by atoms with Crippen molar-refractivity contribution in [3.63, 3.8) is 0 Å². The normalized spacial score (nSPS) is 22.5. The van der Waals surface area contributed by atoms with Crippen molar-refractivity contribution in [2.75, 3.05) is 0 Å². The summed E-state index contributed by atoms with van der Waals surface area (Å²) >= 11 is 0. The zero-order valence-corrected chi connectivity index (χ0v) is 6.87. The molecule has 0 aromatic carbocycles.